The standard InChI is InChI=1S/C26H25ClN2O3/c1-4-14-29-25(30)28(17-19-6-11-22(31-3)12-7-19)24-13-10-21(27)16-23(24)26(29,20-8-9-20)18-32-15-5-2/h1-2,6-7,10-13,16,20H,8-9,14-15,17-18H2,3H3. The number of terminal acetylenes is 2. The molecule has 1 heterocycles. The van der Waals surface area contributed by atoms with E-state index in [1.807, 2.05) is 42.5 Å². The summed E-state index contributed by atoms with van der Waals surface area (Å²) in [5.41, 5.74) is 2.05. The van der Waals surface area contributed by atoms with Gasteiger partial charge >= 0.3 is 6.03 Å². The Morgan fingerprint density at radius 1 is 1.16 bits per heavy atom. The second-order valence-corrected chi connectivity index (χ2v) is 8.50. The van der Waals surface area contributed by atoms with Gasteiger partial charge in [-0.15, -0.1) is 12.8 Å². The van der Waals surface area contributed by atoms with Gasteiger partial charge in [0, 0.05) is 10.6 Å². The maximum Gasteiger partial charge on any atom is 0.326 e. The normalized spacial score (nSPS) is 19.8. The van der Waals surface area contributed by atoms with Crippen molar-refractivity contribution in [2.75, 3.05) is 31.8 Å². The molecule has 0 spiro atoms. The molecule has 1 unspecified atom stereocenters. The first kappa shape index (κ1) is 22.1. The lowest BCUT2D eigenvalue weighted by Crippen LogP contribution is -2.61. The van der Waals surface area contributed by atoms with Gasteiger partial charge in [-0.05, 0) is 54.7 Å². The van der Waals surface area contributed by atoms with Crippen molar-refractivity contribution in [1.29, 1.82) is 0 Å². The van der Waals surface area contributed by atoms with Crippen LogP contribution in [0.1, 0.15) is 24.0 Å². The number of carbonyl (C=O) groups excluding carboxylic acids is 1. The second-order valence-electron chi connectivity index (χ2n) is 8.06. The summed E-state index contributed by atoms with van der Waals surface area (Å²) in [6, 6.07) is 13.2. The van der Waals surface area contributed by atoms with Gasteiger partial charge in [-0.2, -0.15) is 0 Å². The Morgan fingerprint density at radius 2 is 1.91 bits per heavy atom. The maximum atomic E-state index is 13.9. The van der Waals surface area contributed by atoms with E-state index in [9.17, 15) is 4.79 Å². The minimum Gasteiger partial charge on any atom is -0.497 e. The molecule has 2 aromatic carbocycles. The highest BCUT2D eigenvalue weighted by atomic mass is 35.5. The zero-order chi connectivity index (χ0) is 22.7. The molecule has 5 nitrogen and oxygen atoms in total. The predicted octanol–water partition coefficient (Wildman–Crippen LogP) is 4.68. The summed E-state index contributed by atoms with van der Waals surface area (Å²) in [6.07, 6.45) is 13.1. The summed E-state index contributed by atoms with van der Waals surface area (Å²) in [5, 5.41) is 0.602. The quantitative estimate of drug-likeness (QED) is 0.435. The van der Waals surface area contributed by atoms with E-state index in [0.29, 0.717) is 11.6 Å². The lowest BCUT2D eigenvalue weighted by Gasteiger charge is -2.51. The lowest BCUT2D eigenvalue weighted by molar-refractivity contribution is 0.00847. The summed E-state index contributed by atoms with van der Waals surface area (Å²) in [5.74, 6) is 6.19. The lowest BCUT2D eigenvalue weighted by atomic mass is 9.80. The first-order valence-electron chi connectivity index (χ1n) is 10.5. The molecule has 6 heteroatoms. The Hall–Kier alpha value is -3.12. The Kier molecular flexibility index (Phi) is 6.33. The fourth-order valence-electron chi connectivity index (χ4n) is 4.56. The van der Waals surface area contributed by atoms with E-state index in [1.54, 1.807) is 16.9 Å². The fourth-order valence-corrected chi connectivity index (χ4v) is 4.73. The molecule has 32 heavy (non-hydrogen) atoms. The van der Waals surface area contributed by atoms with E-state index in [0.717, 1.165) is 35.4 Å². The first-order valence-corrected chi connectivity index (χ1v) is 10.9. The van der Waals surface area contributed by atoms with Crippen molar-refractivity contribution in [2.45, 2.75) is 24.9 Å². The SMILES string of the molecule is C#CCOCC1(C2CC2)c2cc(Cl)ccc2N(Cc2ccc(OC)cc2)C(=O)N1CC#C. The zero-order valence-corrected chi connectivity index (χ0v) is 18.8. The number of carbonyl (C=O) groups is 1. The minimum atomic E-state index is -0.697. The van der Waals surface area contributed by atoms with E-state index >= 15 is 0 Å². The van der Waals surface area contributed by atoms with Crippen LogP contribution in [0.15, 0.2) is 42.5 Å². The molecule has 1 fully saturated rings. The Bertz CT molecular complexity index is 1080. The summed E-state index contributed by atoms with van der Waals surface area (Å²) in [7, 11) is 1.63. The van der Waals surface area contributed by atoms with Gasteiger partial charge < -0.3 is 14.4 Å². The molecule has 2 aliphatic rings. The molecule has 1 aliphatic heterocycles. The van der Waals surface area contributed by atoms with Crippen LogP contribution in [0.4, 0.5) is 10.5 Å². The van der Waals surface area contributed by atoms with Crippen molar-refractivity contribution < 1.29 is 14.3 Å². The Balaban J connectivity index is 1.82. The van der Waals surface area contributed by atoms with E-state index in [2.05, 4.69) is 11.8 Å². The summed E-state index contributed by atoms with van der Waals surface area (Å²) < 4.78 is 11.1. The summed E-state index contributed by atoms with van der Waals surface area (Å²) in [4.78, 5) is 17.4. The maximum absolute atomic E-state index is 13.9. The van der Waals surface area contributed by atoms with Gasteiger partial charge in [0.2, 0.25) is 0 Å². The van der Waals surface area contributed by atoms with Crippen LogP contribution in [-0.2, 0) is 16.8 Å². The van der Waals surface area contributed by atoms with E-state index < -0.39 is 5.54 Å². The number of nitrogens with zero attached hydrogens (tertiary/aromatic N) is 2. The molecule has 1 aliphatic carbocycles. The number of methoxy groups -OCH3 is 1. The van der Waals surface area contributed by atoms with Crippen LogP contribution in [0.5, 0.6) is 5.75 Å². The second kappa shape index (κ2) is 9.17. The number of hydrogen-bond acceptors (Lipinski definition) is 3. The number of rotatable bonds is 8. The molecule has 2 amide bonds. The van der Waals surface area contributed by atoms with Crippen LogP contribution >= 0.6 is 11.6 Å². The smallest absolute Gasteiger partial charge is 0.326 e. The Labute approximate surface area is 194 Å². The van der Waals surface area contributed by atoms with Crippen molar-refractivity contribution in [3.8, 4) is 30.4 Å². The van der Waals surface area contributed by atoms with Crippen LogP contribution in [0, 0.1) is 30.6 Å². The van der Waals surface area contributed by atoms with Crippen molar-refractivity contribution >= 4 is 23.3 Å². The fraction of sp³-hybridized carbons (Fsp3) is 0.346. The van der Waals surface area contributed by atoms with Gasteiger partial charge in [0.15, 0.2) is 0 Å². The van der Waals surface area contributed by atoms with Gasteiger partial charge in [0.1, 0.15) is 12.4 Å². The minimum absolute atomic E-state index is 0.148. The number of hydrogen-bond donors (Lipinski definition) is 0. The van der Waals surface area contributed by atoms with Crippen LogP contribution in [-0.4, -0.2) is 37.8 Å². The third-order valence-corrected chi connectivity index (χ3v) is 6.40. The van der Waals surface area contributed by atoms with Gasteiger partial charge in [-0.3, -0.25) is 4.90 Å². The van der Waals surface area contributed by atoms with Crippen molar-refractivity contribution in [2.24, 2.45) is 5.92 Å². The van der Waals surface area contributed by atoms with Gasteiger partial charge in [-0.1, -0.05) is 35.6 Å². The summed E-state index contributed by atoms with van der Waals surface area (Å²) >= 11 is 6.44. The average Bonchev–Trinajstić information content (AvgIpc) is 3.65. The third kappa shape index (κ3) is 3.91. The number of halogens is 1. The number of anilines is 1. The number of amides is 2. The monoisotopic (exact) mass is 448 g/mol. The topological polar surface area (TPSA) is 42.0 Å². The van der Waals surface area contributed by atoms with Crippen LogP contribution in [0.25, 0.3) is 0 Å². The molecule has 0 aromatic heterocycles. The largest absolute Gasteiger partial charge is 0.497 e. The van der Waals surface area contributed by atoms with Crippen LogP contribution in [0.3, 0.4) is 0 Å². The third-order valence-electron chi connectivity index (χ3n) is 6.17. The van der Waals surface area contributed by atoms with Gasteiger partial charge in [0.05, 0.1) is 38.0 Å². The summed E-state index contributed by atoms with van der Waals surface area (Å²) in [6.45, 7) is 1.00. The number of benzene rings is 2. The van der Waals surface area contributed by atoms with Gasteiger partial charge in [-0.25, -0.2) is 4.79 Å². The molecule has 0 saturated heterocycles. The molecule has 4 rings (SSSR count). The highest BCUT2D eigenvalue weighted by Crippen LogP contribution is 2.55. The highest BCUT2D eigenvalue weighted by molar-refractivity contribution is 6.30. The molecule has 0 N–H and O–H groups in total. The van der Waals surface area contributed by atoms with Crippen LogP contribution in [0.2, 0.25) is 5.02 Å². The molecule has 164 valence electrons. The first-order chi connectivity index (χ1) is 15.5. The van der Waals surface area contributed by atoms with E-state index in [4.69, 9.17) is 33.9 Å². The Morgan fingerprint density at radius 3 is 2.53 bits per heavy atom. The highest BCUT2D eigenvalue weighted by Gasteiger charge is 2.57. The molecule has 1 saturated carbocycles. The molecule has 1 atom stereocenters. The van der Waals surface area contributed by atoms with E-state index in [1.165, 1.54) is 0 Å². The molecule has 2 aromatic rings. The predicted molar refractivity (Wildman–Crippen MR) is 126 cm³/mol. The average molecular weight is 449 g/mol. The molecule has 0 radical (unpaired) electrons. The van der Waals surface area contributed by atoms with Crippen molar-refractivity contribution in [1.82, 2.24) is 4.90 Å². The van der Waals surface area contributed by atoms with E-state index in [-0.39, 0.29) is 31.7 Å². The number of ether oxygens (including phenoxy) is 2. The molecular weight excluding hydrogens is 424 g/mol. The number of fused-ring (bicyclic) bond motifs is 1. The molecule has 0 bridgehead atoms. The van der Waals surface area contributed by atoms with Crippen molar-refractivity contribution in [3.63, 3.8) is 0 Å². The molecular formula is C26H25ClN2O3. The van der Waals surface area contributed by atoms with Gasteiger partial charge in [0.25, 0.3) is 0 Å². The number of urea groups is 1. The van der Waals surface area contributed by atoms with Crippen LogP contribution < -0.4 is 9.64 Å². The zero-order valence-electron chi connectivity index (χ0n) is 18.0. The van der Waals surface area contributed by atoms with Crippen molar-refractivity contribution in [3.05, 3.63) is 58.6 Å².